The maximum absolute atomic E-state index is 13.5. The van der Waals surface area contributed by atoms with Crippen LogP contribution in [0.25, 0.3) is 0 Å². The SMILES string of the molecule is Cc1ccc(C(C)C)cc1C(=O)C[C@]1(O)C(=O)N(CCc2ccccc2)c2ccc(Cl)cc21. The zero-order valence-electron chi connectivity index (χ0n) is 19.1. The topological polar surface area (TPSA) is 57.6 Å². The molecule has 4 rings (SSSR count). The van der Waals surface area contributed by atoms with Crippen LogP contribution < -0.4 is 4.90 Å². The standard InChI is InChI=1S/C28H28ClNO3/c1-18(2)21-10-9-19(3)23(15-21)26(31)17-28(33)24-16-22(29)11-12-25(24)30(27(28)32)14-13-20-7-5-4-6-8-20/h4-12,15-16,18,33H,13-14,17H2,1-3H3/t28-/m1/s1. The molecule has 33 heavy (non-hydrogen) atoms. The van der Waals surface area contributed by atoms with E-state index >= 15 is 0 Å². The van der Waals surface area contributed by atoms with Gasteiger partial charge in [0.05, 0.1) is 12.1 Å². The molecule has 0 aromatic heterocycles. The molecule has 3 aromatic carbocycles. The number of hydrogen-bond acceptors (Lipinski definition) is 3. The summed E-state index contributed by atoms with van der Waals surface area (Å²) in [7, 11) is 0. The van der Waals surface area contributed by atoms with Crippen molar-refractivity contribution in [2.24, 2.45) is 0 Å². The molecule has 1 N–H and O–H groups in total. The Kier molecular flexibility index (Phi) is 6.42. The molecule has 4 nitrogen and oxygen atoms in total. The van der Waals surface area contributed by atoms with E-state index in [1.165, 1.54) is 0 Å². The van der Waals surface area contributed by atoms with Gasteiger partial charge in [-0.2, -0.15) is 0 Å². The highest BCUT2D eigenvalue weighted by Gasteiger charge is 2.51. The normalized spacial score (nSPS) is 17.5. The molecule has 1 aliphatic rings. The summed E-state index contributed by atoms with van der Waals surface area (Å²) >= 11 is 6.23. The molecule has 1 heterocycles. The summed E-state index contributed by atoms with van der Waals surface area (Å²) in [6.07, 6.45) is 0.303. The summed E-state index contributed by atoms with van der Waals surface area (Å²) in [5.74, 6) is -0.482. The Morgan fingerprint density at radius 1 is 1.06 bits per heavy atom. The van der Waals surface area contributed by atoms with Gasteiger partial charge in [-0.1, -0.05) is 67.9 Å². The zero-order chi connectivity index (χ0) is 23.8. The number of hydrogen-bond donors (Lipinski definition) is 1. The zero-order valence-corrected chi connectivity index (χ0v) is 19.9. The molecule has 1 aliphatic heterocycles. The van der Waals surface area contributed by atoms with Crippen molar-refractivity contribution >= 4 is 29.0 Å². The van der Waals surface area contributed by atoms with Crippen LogP contribution in [0.15, 0.2) is 66.7 Å². The lowest BCUT2D eigenvalue weighted by Gasteiger charge is -2.23. The molecule has 0 saturated heterocycles. The third-order valence-corrected chi connectivity index (χ3v) is 6.64. The van der Waals surface area contributed by atoms with Gasteiger partial charge < -0.3 is 10.0 Å². The van der Waals surface area contributed by atoms with Crippen LogP contribution in [0.1, 0.15) is 58.8 Å². The summed E-state index contributed by atoms with van der Waals surface area (Å²) in [5.41, 5.74) is 2.53. The van der Waals surface area contributed by atoms with Crippen molar-refractivity contribution < 1.29 is 14.7 Å². The number of fused-ring (bicyclic) bond motifs is 1. The summed E-state index contributed by atoms with van der Waals surface area (Å²) in [6, 6.07) is 20.7. The predicted molar refractivity (Wildman–Crippen MR) is 132 cm³/mol. The van der Waals surface area contributed by atoms with Crippen molar-refractivity contribution in [1.82, 2.24) is 0 Å². The van der Waals surface area contributed by atoms with Gasteiger partial charge in [-0.25, -0.2) is 0 Å². The van der Waals surface area contributed by atoms with Gasteiger partial charge in [-0.05, 0) is 60.2 Å². The number of anilines is 1. The molecule has 0 radical (unpaired) electrons. The number of nitrogens with zero attached hydrogens (tertiary/aromatic N) is 1. The van der Waals surface area contributed by atoms with E-state index in [4.69, 9.17) is 11.6 Å². The second-order valence-electron chi connectivity index (χ2n) is 9.04. The molecule has 3 aromatic rings. The molecule has 0 saturated carbocycles. The van der Waals surface area contributed by atoms with Crippen LogP contribution in [0, 0.1) is 6.92 Å². The van der Waals surface area contributed by atoms with E-state index < -0.39 is 11.5 Å². The number of amides is 1. The summed E-state index contributed by atoms with van der Waals surface area (Å²) in [5, 5.41) is 12.0. The van der Waals surface area contributed by atoms with Crippen molar-refractivity contribution in [3.8, 4) is 0 Å². The van der Waals surface area contributed by atoms with Gasteiger partial charge in [0.25, 0.3) is 5.91 Å². The Balaban J connectivity index is 1.66. The fraction of sp³-hybridized carbons (Fsp3) is 0.286. The van der Waals surface area contributed by atoms with Gasteiger partial charge in [-0.15, -0.1) is 0 Å². The Hall–Kier alpha value is -2.95. The lowest BCUT2D eigenvalue weighted by molar-refractivity contribution is -0.135. The minimum atomic E-state index is -1.95. The highest BCUT2D eigenvalue weighted by Crippen LogP contribution is 2.44. The van der Waals surface area contributed by atoms with Crippen LogP contribution in [0.4, 0.5) is 5.69 Å². The number of aliphatic hydroxyl groups is 1. The molecule has 0 bridgehead atoms. The lowest BCUT2D eigenvalue weighted by Crippen LogP contribution is -2.42. The molecule has 1 atom stereocenters. The molecule has 0 aliphatic carbocycles. The van der Waals surface area contributed by atoms with Crippen molar-refractivity contribution in [1.29, 1.82) is 0 Å². The van der Waals surface area contributed by atoms with Gasteiger partial charge in [0, 0.05) is 22.7 Å². The van der Waals surface area contributed by atoms with E-state index in [-0.39, 0.29) is 18.1 Å². The fourth-order valence-corrected chi connectivity index (χ4v) is 4.60. The van der Waals surface area contributed by atoms with E-state index in [9.17, 15) is 14.7 Å². The Morgan fingerprint density at radius 3 is 2.48 bits per heavy atom. The van der Waals surface area contributed by atoms with Gasteiger partial charge >= 0.3 is 0 Å². The van der Waals surface area contributed by atoms with Crippen LogP contribution in [0.3, 0.4) is 0 Å². The first-order chi connectivity index (χ1) is 15.7. The molecule has 0 fully saturated rings. The van der Waals surface area contributed by atoms with Gasteiger partial charge in [0.2, 0.25) is 0 Å². The highest BCUT2D eigenvalue weighted by molar-refractivity contribution is 6.31. The van der Waals surface area contributed by atoms with Gasteiger partial charge in [0.1, 0.15) is 0 Å². The van der Waals surface area contributed by atoms with Gasteiger partial charge in [-0.3, -0.25) is 9.59 Å². The third kappa shape index (κ3) is 4.46. The molecular formula is C28H28ClNO3. The maximum Gasteiger partial charge on any atom is 0.264 e. The third-order valence-electron chi connectivity index (χ3n) is 6.41. The summed E-state index contributed by atoms with van der Waals surface area (Å²) in [4.78, 5) is 28.5. The highest BCUT2D eigenvalue weighted by atomic mass is 35.5. The molecule has 0 unspecified atom stereocenters. The van der Waals surface area contributed by atoms with E-state index in [0.29, 0.717) is 34.8 Å². The van der Waals surface area contributed by atoms with E-state index in [1.54, 1.807) is 23.1 Å². The van der Waals surface area contributed by atoms with Crippen LogP contribution in [0.2, 0.25) is 5.02 Å². The quantitative estimate of drug-likeness (QED) is 0.451. The minimum Gasteiger partial charge on any atom is -0.375 e. The van der Waals surface area contributed by atoms with E-state index in [2.05, 4.69) is 13.8 Å². The first-order valence-corrected chi connectivity index (χ1v) is 11.6. The van der Waals surface area contributed by atoms with Crippen molar-refractivity contribution in [3.05, 3.63) is 99.6 Å². The largest absolute Gasteiger partial charge is 0.375 e. The molecule has 5 heteroatoms. The Labute approximate surface area is 199 Å². The van der Waals surface area contributed by atoms with E-state index in [0.717, 1.165) is 16.7 Å². The number of carbonyl (C=O) groups excluding carboxylic acids is 2. The predicted octanol–water partition coefficient (Wildman–Crippen LogP) is 5.82. The first-order valence-electron chi connectivity index (χ1n) is 11.2. The molecule has 1 amide bonds. The Morgan fingerprint density at radius 2 is 1.79 bits per heavy atom. The monoisotopic (exact) mass is 461 g/mol. The van der Waals surface area contributed by atoms with Crippen LogP contribution in [0.5, 0.6) is 0 Å². The number of aryl methyl sites for hydroxylation is 1. The van der Waals surface area contributed by atoms with E-state index in [1.807, 2.05) is 55.5 Å². The fourth-order valence-electron chi connectivity index (χ4n) is 4.43. The average Bonchev–Trinajstić information content (AvgIpc) is 2.99. The smallest absolute Gasteiger partial charge is 0.264 e. The number of rotatable bonds is 7. The average molecular weight is 462 g/mol. The first kappa shape index (κ1) is 23.2. The number of benzene rings is 3. The van der Waals surface area contributed by atoms with Crippen LogP contribution in [-0.2, 0) is 16.8 Å². The lowest BCUT2D eigenvalue weighted by atomic mass is 9.86. The second-order valence-corrected chi connectivity index (χ2v) is 9.48. The molecule has 170 valence electrons. The molecular weight excluding hydrogens is 434 g/mol. The Bertz CT molecular complexity index is 1210. The molecule has 0 spiro atoms. The van der Waals surface area contributed by atoms with Crippen LogP contribution in [-0.4, -0.2) is 23.3 Å². The number of carbonyl (C=O) groups is 2. The number of ketones is 1. The number of halogens is 1. The van der Waals surface area contributed by atoms with Crippen molar-refractivity contribution in [2.75, 3.05) is 11.4 Å². The minimum absolute atomic E-state index is 0.262. The van der Waals surface area contributed by atoms with Crippen molar-refractivity contribution in [2.45, 2.75) is 45.1 Å². The summed E-state index contributed by atoms with van der Waals surface area (Å²) in [6.45, 7) is 6.40. The van der Waals surface area contributed by atoms with Crippen LogP contribution >= 0.6 is 11.6 Å². The number of Topliss-reactive ketones (excluding diaryl/α,β-unsaturated/α-hetero) is 1. The van der Waals surface area contributed by atoms with Gasteiger partial charge in [0.15, 0.2) is 11.4 Å². The summed E-state index contributed by atoms with van der Waals surface area (Å²) < 4.78 is 0. The second kappa shape index (κ2) is 9.12. The van der Waals surface area contributed by atoms with Crippen molar-refractivity contribution in [3.63, 3.8) is 0 Å². The maximum atomic E-state index is 13.5.